The molecule has 1 aromatic carbocycles. The fourth-order valence-corrected chi connectivity index (χ4v) is 1.80. The third-order valence-electron chi connectivity index (χ3n) is 2.13. The fraction of sp³-hybridized carbons (Fsp3) is 0.300. The standard InChI is InChI=1S/C10H12N4O4S/c1-19(17,18)13-5-4-12-9-3-2-8(7-11)10(6-9)14(15)16/h2-3,6,12-13H,4-5H2,1H3. The van der Waals surface area contributed by atoms with Crippen LogP contribution in [-0.4, -0.2) is 32.7 Å². The van der Waals surface area contributed by atoms with Crippen molar-refractivity contribution in [3.05, 3.63) is 33.9 Å². The lowest BCUT2D eigenvalue weighted by atomic mass is 10.2. The number of benzene rings is 1. The van der Waals surface area contributed by atoms with E-state index in [0.29, 0.717) is 5.69 Å². The summed E-state index contributed by atoms with van der Waals surface area (Å²) in [6.07, 6.45) is 1.04. The van der Waals surface area contributed by atoms with E-state index in [1.165, 1.54) is 18.2 Å². The molecule has 9 heteroatoms. The van der Waals surface area contributed by atoms with E-state index in [2.05, 4.69) is 10.0 Å². The van der Waals surface area contributed by atoms with Gasteiger partial charge in [0.05, 0.1) is 11.2 Å². The summed E-state index contributed by atoms with van der Waals surface area (Å²) >= 11 is 0. The van der Waals surface area contributed by atoms with E-state index in [4.69, 9.17) is 5.26 Å². The van der Waals surface area contributed by atoms with E-state index >= 15 is 0 Å². The maximum atomic E-state index is 10.8. The van der Waals surface area contributed by atoms with E-state index < -0.39 is 14.9 Å². The van der Waals surface area contributed by atoms with Crippen LogP contribution in [0.3, 0.4) is 0 Å². The SMILES string of the molecule is CS(=O)(=O)NCCNc1ccc(C#N)c([N+](=O)[O-])c1. The van der Waals surface area contributed by atoms with Crippen LogP contribution in [0, 0.1) is 21.4 Å². The number of nitrogens with zero attached hydrogens (tertiary/aromatic N) is 2. The predicted octanol–water partition coefficient (Wildman–Crippen LogP) is 0.428. The highest BCUT2D eigenvalue weighted by Crippen LogP contribution is 2.22. The molecule has 0 fully saturated rings. The van der Waals surface area contributed by atoms with E-state index in [1.807, 2.05) is 0 Å². The van der Waals surface area contributed by atoms with E-state index in [1.54, 1.807) is 6.07 Å². The van der Waals surface area contributed by atoms with Crippen molar-refractivity contribution in [2.24, 2.45) is 0 Å². The molecule has 0 bridgehead atoms. The molecule has 8 nitrogen and oxygen atoms in total. The number of nitrogens with one attached hydrogen (secondary N) is 2. The summed E-state index contributed by atoms with van der Waals surface area (Å²) in [5.74, 6) is 0. The van der Waals surface area contributed by atoms with Crippen molar-refractivity contribution in [2.75, 3.05) is 24.7 Å². The molecule has 19 heavy (non-hydrogen) atoms. The monoisotopic (exact) mass is 284 g/mol. The molecular formula is C10H12N4O4S. The molecule has 0 aromatic heterocycles. The van der Waals surface area contributed by atoms with Gasteiger partial charge < -0.3 is 5.32 Å². The number of nitro groups is 1. The largest absolute Gasteiger partial charge is 0.384 e. The van der Waals surface area contributed by atoms with Gasteiger partial charge in [-0.3, -0.25) is 10.1 Å². The second kappa shape index (κ2) is 6.12. The van der Waals surface area contributed by atoms with Gasteiger partial charge in [-0.15, -0.1) is 0 Å². The van der Waals surface area contributed by atoms with E-state index in [0.717, 1.165) is 6.26 Å². The van der Waals surface area contributed by atoms with Crippen molar-refractivity contribution in [3.8, 4) is 6.07 Å². The Hall–Kier alpha value is -2.18. The summed E-state index contributed by atoms with van der Waals surface area (Å²) in [4.78, 5) is 10.1. The summed E-state index contributed by atoms with van der Waals surface area (Å²) in [6.45, 7) is 0.433. The normalized spacial score (nSPS) is 10.7. The van der Waals surface area contributed by atoms with Gasteiger partial charge in [0.15, 0.2) is 0 Å². The lowest BCUT2D eigenvalue weighted by Gasteiger charge is -2.07. The molecule has 0 aliphatic carbocycles. The lowest BCUT2D eigenvalue weighted by Crippen LogP contribution is -2.27. The van der Waals surface area contributed by atoms with Gasteiger partial charge in [0.1, 0.15) is 11.6 Å². The van der Waals surface area contributed by atoms with Crippen LogP contribution >= 0.6 is 0 Å². The second-order valence-electron chi connectivity index (χ2n) is 3.69. The molecular weight excluding hydrogens is 272 g/mol. The number of nitro benzene ring substituents is 1. The van der Waals surface area contributed by atoms with Gasteiger partial charge >= 0.3 is 0 Å². The summed E-state index contributed by atoms with van der Waals surface area (Å²) in [5.41, 5.74) is 0.134. The summed E-state index contributed by atoms with van der Waals surface area (Å²) in [7, 11) is -3.25. The van der Waals surface area contributed by atoms with Crippen LogP contribution in [-0.2, 0) is 10.0 Å². The molecule has 0 saturated heterocycles. The van der Waals surface area contributed by atoms with Gasteiger partial charge in [0.25, 0.3) is 5.69 Å². The third-order valence-corrected chi connectivity index (χ3v) is 2.86. The number of hydrogen-bond acceptors (Lipinski definition) is 6. The van der Waals surface area contributed by atoms with Gasteiger partial charge in [-0.1, -0.05) is 0 Å². The number of sulfonamides is 1. The Balaban J connectivity index is 2.68. The molecule has 2 N–H and O–H groups in total. The molecule has 0 radical (unpaired) electrons. The first-order valence-corrected chi connectivity index (χ1v) is 7.09. The highest BCUT2D eigenvalue weighted by atomic mass is 32.2. The minimum absolute atomic E-state index is 0.0233. The predicted molar refractivity (Wildman–Crippen MR) is 69.1 cm³/mol. The summed E-state index contributed by atoms with van der Waals surface area (Å²) < 4.78 is 23.9. The van der Waals surface area contributed by atoms with Gasteiger partial charge in [-0.25, -0.2) is 13.1 Å². The van der Waals surface area contributed by atoms with Crippen LogP contribution in [0.5, 0.6) is 0 Å². The smallest absolute Gasteiger partial charge is 0.289 e. The molecule has 0 atom stereocenters. The number of rotatable bonds is 6. The Morgan fingerprint density at radius 3 is 2.63 bits per heavy atom. The molecule has 0 heterocycles. The topological polar surface area (TPSA) is 125 Å². The summed E-state index contributed by atoms with van der Waals surface area (Å²) in [5, 5.41) is 22.3. The van der Waals surface area contributed by atoms with Crippen LogP contribution in [0.15, 0.2) is 18.2 Å². The zero-order valence-electron chi connectivity index (χ0n) is 10.1. The van der Waals surface area contributed by atoms with Crippen LogP contribution in [0.2, 0.25) is 0 Å². The lowest BCUT2D eigenvalue weighted by molar-refractivity contribution is -0.385. The van der Waals surface area contributed by atoms with Crippen molar-refractivity contribution in [2.45, 2.75) is 0 Å². The maximum absolute atomic E-state index is 10.8. The van der Waals surface area contributed by atoms with E-state index in [-0.39, 0.29) is 24.3 Å². The van der Waals surface area contributed by atoms with Crippen molar-refractivity contribution in [3.63, 3.8) is 0 Å². The molecule has 0 aliphatic heterocycles. The van der Waals surface area contributed by atoms with Crippen molar-refractivity contribution >= 4 is 21.4 Å². The first-order valence-electron chi connectivity index (χ1n) is 5.20. The molecule has 0 spiro atoms. The third kappa shape index (κ3) is 4.90. The van der Waals surface area contributed by atoms with Crippen LogP contribution in [0.25, 0.3) is 0 Å². The van der Waals surface area contributed by atoms with Gasteiger partial charge in [-0.2, -0.15) is 5.26 Å². The minimum Gasteiger partial charge on any atom is -0.384 e. The average Bonchev–Trinajstić information content (AvgIpc) is 2.33. The fourth-order valence-electron chi connectivity index (χ4n) is 1.33. The highest BCUT2D eigenvalue weighted by Gasteiger charge is 2.13. The van der Waals surface area contributed by atoms with Gasteiger partial charge in [0, 0.05) is 24.8 Å². The van der Waals surface area contributed by atoms with Crippen LogP contribution in [0.1, 0.15) is 5.56 Å². The Morgan fingerprint density at radius 1 is 1.42 bits per heavy atom. The second-order valence-corrected chi connectivity index (χ2v) is 5.53. The first-order chi connectivity index (χ1) is 8.83. The number of nitriles is 1. The number of anilines is 1. The minimum atomic E-state index is -3.25. The van der Waals surface area contributed by atoms with Crippen molar-refractivity contribution < 1.29 is 13.3 Å². The van der Waals surface area contributed by atoms with Gasteiger partial charge in [0.2, 0.25) is 10.0 Å². The highest BCUT2D eigenvalue weighted by molar-refractivity contribution is 7.88. The maximum Gasteiger partial charge on any atom is 0.289 e. The van der Waals surface area contributed by atoms with Crippen LogP contribution < -0.4 is 10.0 Å². The molecule has 0 amide bonds. The summed E-state index contributed by atoms with van der Waals surface area (Å²) in [6, 6.07) is 5.82. The van der Waals surface area contributed by atoms with Gasteiger partial charge in [-0.05, 0) is 12.1 Å². The van der Waals surface area contributed by atoms with Crippen molar-refractivity contribution in [1.29, 1.82) is 5.26 Å². The van der Waals surface area contributed by atoms with E-state index in [9.17, 15) is 18.5 Å². The Morgan fingerprint density at radius 2 is 2.11 bits per heavy atom. The Bertz CT molecular complexity index is 621. The molecule has 0 unspecified atom stereocenters. The molecule has 102 valence electrons. The Labute approximate surface area is 110 Å². The molecule has 1 aromatic rings. The first kappa shape index (κ1) is 14.9. The zero-order valence-corrected chi connectivity index (χ0v) is 10.9. The number of hydrogen-bond donors (Lipinski definition) is 2. The molecule has 1 rings (SSSR count). The molecule has 0 aliphatic rings. The van der Waals surface area contributed by atoms with Crippen LogP contribution in [0.4, 0.5) is 11.4 Å². The molecule has 0 saturated carbocycles. The van der Waals surface area contributed by atoms with Crippen molar-refractivity contribution in [1.82, 2.24) is 4.72 Å². The Kier molecular flexibility index (Phi) is 4.80. The average molecular weight is 284 g/mol. The zero-order chi connectivity index (χ0) is 14.5. The quantitative estimate of drug-likeness (QED) is 0.443.